The van der Waals surface area contributed by atoms with Crippen molar-refractivity contribution in [2.45, 2.75) is 37.8 Å². The third-order valence-corrected chi connectivity index (χ3v) is 3.66. The van der Waals surface area contributed by atoms with E-state index in [1.807, 2.05) is 18.7 Å². The second-order valence-electron chi connectivity index (χ2n) is 3.27. The molecular weight excluding hydrogens is 158 g/mol. The van der Waals surface area contributed by atoms with Crippen LogP contribution in [0.4, 0.5) is 0 Å². The highest BCUT2D eigenvalue weighted by Gasteiger charge is 2.34. The van der Waals surface area contributed by atoms with Crippen molar-refractivity contribution in [3.05, 3.63) is 0 Å². The molecule has 2 nitrogen and oxygen atoms in total. The van der Waals surface area contributed by atoms with E-state index in [2.05, 4.69) is 0 Å². The molecule has 3 N–H and O–H groups in total. The van der Waals surface area contributed by atoms with Gasteiger partial charge in [-0.25, -0.2) is 0 Å². The summed E-state index contributed by atoms with van der Waals surface area (Å²) < 4.78 is 0. The van der Waals surface area contributed by atoms with Gasteiger partial charge >= 0.3 is 0 Å². The molecule has 0 aromatic carbocycles. The van der Waals surface area contributed by atoms with E-state index < -0.39 is 5.60 Å². The Morgan fingerprint density at radius 3 is 2.91 bits per heavy atom. The molecule has 3 heteroatoms. The van der Waals surface area contributed by atoms with E-state index in [0.717, 1.165) is 25.0 Å². The summed E-state index contributed by atoms with van der Waals surface area (Å²) in [6.07, 6.45) is 2.86. The van der Waals surface area contributed by atoms with E-state index >= 15 is 0 Å². The molecule has 0 bridgehead atoms. The van der Waals surface area contributed by atoms with E-state index in [-0.39, 0.29) is 6.04 Å². The molecular formula is C8H17NOS. The van der Waals surface area contributed by atoms with Gasteiger partial charge in [0.05, 0.1) is 5.60 Å². The molecule has 1 saturated heterocycles. The van der Waals surface area contributed by atoms with E-state index in [1.165, 1.54) is 5.75 Å². The van der Waals surface area contributed by atoms with Gasteiger partial charge in [0.2, 0.25) is 0 Å². The summed E-state index contributed by atoms with van der Waals surface area (Å²) in [4.78, 5) is 0. The zero-order valence-corrected chi connectivity index (χ0v) is 7.86. The lowest BCUT2D eigenvalue weighted by atomic mass is 9.90. The van der Waals surface area contributed by atoms with Gasteiger partial charge in [0.1, 0.15) is 0 Å². The minimum absolute atomic E-state index is 0.0321. The van der Waals surface area contributed by atoms with Crippen LogP contribution in [0.5, 0.6) is 0 Å². The summed E-state index contributed by atoms with van der Waals surface area (Å²) in [6.45, 7) is 2.03. The Kier molecular flexibility index (Phi) is 3.22. The first-order chi connectivity index (χ1) is 5.19. The van der Waals surface area contributed by atoms with Crippen LogP contribution in [0.3, 0.4) is 0 Å². The number of thioether (sulfide) groups is 1. The molecule has 2 atom stereocenters. The average molecular weight is 175 g/mol. The van der Waals surface area contributed by atoms with Gasteiger partial charge in [-0.1, -0.05) is 6.92 Å². The molecule has 1 aliphatic rings. The number of aliphatic hydroxyl groups is 1. The molecule has 1 rings (SSSR count). The van der Waals surface area contributed by atoms with Crippen molar-refractivity contribution in [3.63, 3.8) is 0 Å². The SMILES string of the molecule is CCC(N)C1(O)CCCSC1. The van der Waals surface area contributed by atoms with Crippen LogP contribution in [0.1, 0.15) is 26.2 Å². The van der Waals surface area contributed by atoms with Crippen LogP contribution < -0.4 is 5.73 Å². The Bertz CT molecular complexity index is 123. The predicted molar refractivity (Wildman–Crippen MR) is 49.8 cm³/mol. The fourth-order valence-electron chi connectivity index (χ4n) is 1.47. The summed E-state index contributed by atoms with van der Waals surface area (Å²) in [7, 11) is 0. The van der Waals surface area contributed by atoms with Gasteiger partial charge in [0.25, 0.3) is 0 Å². The van der Waals surface area contributed by atoms with Crippen molar-refractivity contribution in [3.8, 4) is 0 Å². The zero-order chi connectivity index (χ0) is 8.32. The Morgan fingerprint density at radius 1 is 1.73 bits per heavy atom. The fraction of sp³-hybridized carbons (Fsp3) is 1.00. The Morgan fingerprint density at radius 2 is 2.45 bits per heavy atom. The second-order valence-corrected chi connectivity index (χ2v) is 4.38. The Balaban J connectivity index is 2.49. The molecule has 2 unspecified atom stereocenters. The van der Waals surface area contributed by atoms with Gasteiger partial charge in [-0.3, -0.25) is 0 Å². The fourth-order valence-corrected chi connectivity index (χ4v) is 2.68. The van der Waals surface area contributed by atoms with Gasteiger partial charge in [-0.05, 0) is 25.0 Å². The van der Waals surface area contributed by atoms with Gasteiger partial charge in [0, 0.05) is 11.8 Å². The van der Waals surface area contributed by atoms with Crippen LogP contribution in [-0.4, -0.2) is 28.3 Å². The van der Waals surface area contributed by atoms with Crippen LogP contribution in [0.15, 0.2) is 0 Å². The molecule has 0 spiro atoms. The summed E-state index contributed by atoms with van der Waals surface area (Å²) in [5.41, 5.74) is 5.25. The van der Waals surface area contributed by atoms with Gasteiger partial charge in [-0.2, -0.15) is 11.8 Å². The molecule has 0 saturated carbocycles. The normalized spacial score (nSPS) is 35.2. The zero-order valence-electron chi connectivity index (χ0n) is 7.05. The highest BCUT2D eigenvalue weighted by Crippen LogP contribution is 2.29. The lowest BCUT2D eigenvalue weighted by Gasteiger charge is -2.36. The van der Waals surface area contributed by atoms with Crippen molar-refractivity contribution < 1.29 is 5.11 Å². The third-order valence-electron chi connectivity index (χ3n) is 2.38. The molecule has 66 valence electrons. The highest BCUT2D eigenvalue weighted by atomic mass is 32.2. The van der Waals surface area contributed by atoms with Crippen molar-refractivity contribution in [1.82, 2.24) is 0 Å². The van der Waals surface area contributed by atoms with Gasteiger partial charge < -0.3 is 10.8 Å². The molecule has 0 aliphatic carbocycles. The maximum atomic E-state index is 9.99. The van der Waals surface area contributed by atoms with Gasteiger partial charge in [-0.15, -0.1) is 0 Å². The summed E-state index contributed by atoms with van der Waals surface area (Å²) in [5.74, 6) is 2.00. The average Bonchev–Trinajstić information content (AvgIpc) is 2.04. The van der Waals surface area contributed by atoms with Crippen molar-refractivity contribution in [2.75, 3.05) is 11.5 Å². The van der Waals surface area contributed by atoms with Gasteiger partial charge in [0.15, 0.2) is 0 Å². The van der Waals surface area contributed by atoms with E-state index in [9.17, 15) is 5.11 Å². The standard InChI is InChI=1S/C8H17NOS/c1-2-7(9)8(10)4-3-5-11-6-8/h7,10H,2-6,9H2,1H3. The summed E-state index contributed by atoms with van der Waals surface area (Å²) in [5, 5.41) is 9.99. The number of nitrogens with two attached hydrogens (primary N) is 1. The van der Waals surface area contributed by atoms with Crippen LogP contribution in [-0.2, 0) is 0 Å². The van der Waals surface area contributed by atoms with Crippen LogP contribution >= 0.6 is 11.8 Å². The molecule has 0 amide bonds. The molecule has 11 heavy (non-hydrogen) atoms. The molecule has 1 heterocycles. The van der Waals surface area contributed by atoms with Crippen LogP contribution in [0.25, 0.3) is 0 Å². The minimum atomic E-state index is -0.572. The third kappa shape index (κ3) is 2.10. The summed E-state index contributed by atoms with van der Waals surface area (Å²) >= 11 is 1.82. The lowest BCUT2D eigenvalue weighted by Crippen LogP contribution is -2.51. The molecule has 0 aromatic heterocycles. The Labute approximate surface area is 72.5 Å². The number of rotatable bonds is 2. The smallest absolute Gasteiger partial charge is 0.0887 e. The minimum Gasteiger partial charge on any atom is -0.387 e. The quantitative estimate of drug-likeness (QED) is 0.657. The molecule has 0 aromatic rings. The van der Waals surface area contributed by atoms with Crippen LogP contribution in [0, 0.1) is 0 Å². The number of hydrogen-bond donors (Lipinski definition) is 2. The van der Waals surface area contributed by atoms with E-state index in [1.54, 1.807) is 0 Å². The second kappa shape index (κ2) is 3.78. The molecule has 1 aliphatic heterocycles. The van der Waals surface area contributed by atoms with Crippen molar-refractivity contribution >= 4 is 11.8 Å². The first-order valence-electron chi connectivity index (χ1n) is 4.25. The maximum Gasteiger partial charge on any atom is 0.0887 e. The topological polar surface area (TPSA) is 46.2 Å². The van der Waals surface area contributed by atoms with E-state index in [4.69, 9.17) is 5.73 Å². The first kappa shape index (κ1) is 9.36. The predicted octanol–water partition coefficient (Wildman–Crippen LogP) is 0.982. The van der Waals surface area contributed by atoms with E-state index in [0.29, 0.717) is 0 Å². The highest BCUT2D eigenvalue weighted by molar-refractivity contribution is 7.99. The molecule has 0 radical (unpaired) electrons. The largest absolute Gasteiger partial charge is 0.387 e. The number of hydrogen-bond acceptors (Lipinski definition) is 3. The maximum absolute atomic E-state index is 9.99. The van der Waals surface area contributed by atoms with Crippen LogP contribution in [0.2, 0.25) is 0 Å². The van der Waals surface area contributed by atoms with Crippen molar-refractivity contribution in [2.24, 2.45) is 5.73 Å². The molecule has 1 fully saturated rings. The van der Waals surface area contributed by atoms with Crippen molar-refractivity contribution in [1.29, 1.82) is 0 Å². The lowest BCUT2D eigenvalue weighted by molar-refractivity contribution is 0.0249. The Hall–Kier alpha value is 0.270. The monoisotopic (exact) mass is 175 g/mol. The summed E-state index contributed by atoms with van der Waals surface area (Å²) in [6, 6.07) is -0.0321. The first-order valence-corrected chi connectivity index (χ1v) is 5.40.